The number of ether oxygens (including phenoxy) is 1. The van der Waals surface area contributed by atoms with E-state index in [2.05, 4.69) is 24.7 Å². The van der Waals surface area contributed by atoms with Gasteiger partial charge in [-0.05, 0) is 36.2 Å². The van der Waals surface area contributed by atoms with Crippen molar-refractivity contribution in [2.75, 3.05) is 30.8 Å². The van der Waals surface area contributed by atoms with Crippen molar-refractivity contribution in [1.29, 1.82) is 0 Å². The van der Waals surface area contributed by atoms with E-state index in [-0.39, 0.29) is 5.82 Å². The molecule has 2 N–H and O–H groups in total. The standard InChI is InChI=1S/C18H17F3N4O2S/c1-27-17(26)12-10-24-15(9-13(12)18(19,20)21)22-7-4-8-23-16-11-5-2-3-6-14(11)28-25-16/h2-3,5-6,9-10H,4,7-8H2,1H3,(H,22,24)(H,23,25). The van der Waals surface area contributed by atoms with Gasteiger partial charge in [0.2, 0.25) is 0 Å². The summed E-state index contributed by atoms with van der Waals surface area (Å²) in [5.74, 6) is -0.245. The van der Waals surface area contributed by atoms with Crippen LogP contribution >= 0.6 is 11.5 Å². The number of carbonyl (C=O) groups is 1. The number of hydrogen-bond donors (Lipinski definition) is 2. The average molecular weight is 410 g/mol. The Kier molecular flexibility index (Phi) is 5.98. The van der Waals surface area contributed by atoms with Gasteiger partial charge < -0.3 is 15.4 Å². The number of nitrogens with one attached hydrogen (secondary N) is 2. The lowest BCUT2D eigenvalue weighted by atomic mass is 10.1. The van der Waals surface area contributed by atoms with E-state index >= 15 is 0 Å². The van der Waals surface area contributed by atoms with Crippen LogP contribution in [-0.2, 0) is 10.9 Å². The minimum absolute atomic E-state index is 0.0408. The van der Waals surface area contributed by atoms with Crippen LogP contribution in [0.2, 0.25) is 0 Å². The molecule has 0 saturated heterocycles. The molecule has 2 heterocycles. The monoisotopic (exact) mass is 410 g/mol. The Balaban J connectivity index is 1.56. The molecule has 0 fully saturated rings. The summed E-state index contributed by atoms with van der Waals surface area (Å²) in [6.07, 6.45) is -3.18. The summed E-state index contributed by atoms with van der Waals surface area (Å²) in [6, 6.07) is 8.66. The van der Waals surface area contributed by atoms with Gasteiger partial charge in [-0.2, -0.15) is 17.5 Å². The predicted molar refractivity (Wildman–Crippen MR) is 102 cm³/mol. The Hall–Kier alpha value is -2.88. The highest BCUT2D eigenvalue weighted by atomic mass is 32.1. The van der Waals surface area contributed by atoms with E-state index in [0.29, 0.717) is 19.5 Å². The zero-order valence-corrected chi connectivity index (χ0v) is 15.7. The Morgan fingerprint density at radius 2 is 1.96 bits per heavy atom. The summed E-state index contributed by atoms with van der Waals surface area (Å²) in [6.45, 7) is 0.990. The first-order valence-corrected chi connectivity index (χ1v) is 9.15. The SMILES string of the molecule is COC(=O)c1cnc(NCCCNc2nsc3ccccc23)cc1C(F)(F)F. The lowest BCUT2D eigenvalue weighted by Gasteiger charge is -2.13. The largest absolute Gasteiger partial charge is 0.465 e. The molecule has 0 aliphatic heterocycles. The van der Waals surface area contributed by atoms with Crippen molar-refractivity contribution in [2.24, 2.45) is 0 Å². The zero-order valence-electron chi connectivity index (χ0n) is 14.8. The van der Waals surface area contributed by atoms with Crippen LogP contribution in [0.25, 0.3) is 10.1 Å². The van der Waals surface area contributed by atoms with E-state index in [0.717, 1.165) is 35.3 Å². The molecule has 6 nitrogen and oxygen atoms in total. The van der Waals surface area contributed by atoms with Crippen LogP contribution in [0.4, 0.5) is 24.8 Å². The minimum Gasteiger partial charge on any atom is -0.465 e. The molecule has 28 heavy (non-hydrogen) atoms. The molecule has 0 spiro atoms. The lowest BCUT2D eigenvalue weighted by molar-refractivity contribution is -0.138. The highest BCUT2D eigenvalue weighted by molar-refractivity contribution is 7.13. The van der Waals surface area contributed by atoms with Gasteiger partial charge in [0, 0.05) is 24.7 Å². The summed E-state index contributed by atoms with van der Waals surface area (Å²) in [4.78, 5) is 15.4. The smallest absolute Gasteiger partial charge is 0.417 e. The van der Waals surface area contributed by atoms with Crippen LogP contribution in [0, 0.1) is 0 Å². The van der Waals surface area contributed by atoms with Crippen molar-refractivity contribution in [3.8, 4) is 0 Å². The minimum atomic E-state index is -4.68. The number of methoxy groups -OCH3 is 1. The van der Waals surface area contributed by atoms with Gasteiger partial charge in [-0.1, -0.05) is 12.1 Å². The molecule has 0 saturated carbocycles. The molecule has 0 amide bonds. The maximum Gasteiger partial charge on any atom is 0.417 e. The van der Waals surface area contributed by atoms with Gasteiger partial charge >= 0.3 is 12.1 Å². The average Bonchev–Trinajstić information content (AvgIpc) is 3.09. The van der Waals surface area contributed by atoms with Gasteiger partial charge in [0.25, 0.3) is 0 Å². The summed E-state index contributed by atoms with van der Waals surface area (Å²) in [5, 5.41) is 7.09. The van der Waals surface area contributed by atoms with Crippen molar-refractivity contribution >= 4 is 39.2 Å². The van der Waals surface area contributed by atoms with Gasteiger partial charge in [0.15, 0.2) is 0 Å². The number of nitrogens with zero attached hydrogens (tertiary/aromatic N) is 2. The third-order valence-electron chi connectivity index (χ3n) is 3.94. The number of benzene rings is 1. The lowest BCUT2D eigenvalue weighted by Crippen LogP contribution is -2.16. The van der Waals surface area contributed by atoms with Gasteiger partial charge in [0.1, 0.15) is 11.6 Å². The van der Waals surface area contributed by atoms with E-state index in [9.17, 15) is 18.0 Å². The van der Waals surface area contributed by atoms with E-state index in [1.54, 1.807) is 0 Å². The Bertz CT molecular complexity index is 975. The van der Waals surface area contributed by atoms with Crippen LogP contribution in [0.5, 0.6) is 0 Å². The van der Waals surface area contributed by atoms with Crippen molar-refractivity contribution in [3.05, 3.63) is 47.7 Å². The van der Waals surface area contributed by atoms with Crippen LogP contribution in [-0.4, -0.2) is 35.5 Å². The van der Waals surface area contributed by atoms with Crippen molar-refractivity contribution in [1.82, 2.24) is 9.36 Å². The molecule has 2 aromatic heterocycles. The summed E-state index contributed by atoms with van der Waals surface area (Å²) < 4.78 is 49.3. The fraction of sp³-hybridized carbons (Fsp3) is 0.278. The van der Waals surface area contributed by atoms with E-state index in [1.165, 1.54) is 11.5 Å². The van der Waals surface area contributed by atoms with Crippen LogP contribution < -0.4 is 10.6 Å². The van der Waals surface area contributed by atoms with Crippen LogP contribution in [0.1, 0.15) is 22.3 Å². The molecule has 0 aliphatic carbocycles. The van der Waals surface area contributed by atoms with Crippen molar-refractivity contribution in [3.63, 3.8) is 0 Å². The van der Waals surface area contributed by atoms with Crippen LogP contribution in [0.15, 0.2) is 36.5 Å². The molecule has 0 bridgehead atoms. The fourth-order valence-electron chi connectivity index (χ4n) is 2.58. The fourth-order valence-corrected chi connectivity index (χ4v) is 3.34. The zero-order chi connectivity index (χ0) is 20.1. The maximum atomic E-state index is 13.2. The van der Waals surface area contributed by atoms with Gasteiger partial charge in [-0.25, -0.2) is 9.78 Å². The molecule has 0 radical (unpaired) electrons. The predicted octanol–water partition coefficient (Wildman–Crippen LogP) is 4.41. The number of carbonyl (C=O) groups excluding carboxylic acids is 1. The highest BCUT2D eigenvalue weighted by Gasteiger charge is 2.36. The molecule has 3 rings (SSSR count). The summed E-state index contributed by atoms with van der Waals surface area (Å²) >= 11 is 1.40. The number of rotatable bonds is 7. The second-order valence-electron chi connectivity index (χ2n) is 5.84. The molecular formula is C18H17F3N4O2S. The van der Waals surface area contributed by atoms with Gasteiger partial charge in [-0.15, -0.1) is 0 Å². The Morgan fingerprint density at radius 1 is 1.21 bits per heavy atom. The summed E-state index contributed by atoms with van der Waals surface area (Å²) in [7, 11) is 1.02. The van der Waals surface area contributed by atoms with Crippen LogP contribution in [0.3, 0.4) is 0 Å². The van der Waals surface area contributed by atoms with Gasteiger partial charge in [0.05, 0.1) is 22.9 Å². The topological polar surface area (TPSA) is 76.1 Å². The number of fused-ring (bicyclic) bond motifs is 1. The van der Waals surface area contributed by atoms with E-state index < -0.39 is 23.3 Å². The van der Waals surface area contributed by atoms with Gasteiger partial charge in [-0.3, -0.25) is 0 Å². The second-order valence-corrected chi connectivity index (χ2v) is 6.64. The molecule has 1 aromatic carbocycles. The van der Waals surface area contributed by atoms with E-state index in [1.807, 2.05) is 24.3 Å². The number of aromatic nitrogens is 2. The first kappa shape index (κ1) is 19.9. The quantitative estimate of drug-likeness (QED) is 0.444. The van der Waals surface area contributed by atoms with E-state index in [4.69, 9.17) is 0 Å². The Morgan fingerprint density at radius 3 is 2.71 bits per heavy atom. The van der Waals surface area contributed by atoms with Crippen molar-refractivity contribution in [2.45, 2.75) is 12.6 Å². The molecule has 0 atom stereocenters. The normalized spacial score (nSPS) is 11.4. The number of pyridine rings is 1. The molecule has 10 heteroatoms. The molecule has 0 aliphatic rings. The number of esters is 1. The summed E-state index contributed by atoms with van der Waals surface area (Å²) in [5.41, 5.74) is -1.69. The highest BCUT2D eigenvalue weighted by Crippen LogP contribution is 2.33. The Labute approximate surface area is 162 Å². The number of hydrogen-bond acceptors (Lipinski definition) is 7. The molecular weight excluding hydrogens is 393 g/mol. The molecule has 0 unspecified atom stereocenters. The number of anilines is 2. The third-order valence-corrected chi connectivity index (χ3v) is 4.77. The molecule has 148 valence electrons. The first-order chi connectivity index (χ1) is 13.4. The molecule has 3 aromatic rings. The first-order valence-electron chi connectivity index (χ1n) is 8.38. The third kappa shape index (κ3) is 4.50. The maximum absolute atomic E-state index is 13.2. The number of halogens is 3. The number of alkyl halides is 3. The van der Waals surface area contributed by atoms with Crippen molar-refractivity contribution < 1.29 is 22.7 Å². The second kappa shape index (κ2) is 8.42.